The van der Waals surface area contributed by atoms with Crippen molar-refractivity contribution in [3.05, 3.63) is 65.5 Å². The summed E-state index contributed by atoms with van der Waals surface area (Å²) in [6.45, 7) is 5.82. The van der Waals surface area contributed by atoms with Gasteiger partial charge in [0.2, 0.25) is 0 Å². The third-order valence-electron chi connectivity index (χ3n) is 4.07. The quantitative estimate of drug-likeness (QED) is 0.849. The van der Waals surface area contributed by atoms with Gasteiger partial charge < -0.3 is 5.11 Å². The zero-order valence-corrected chi connectivity index (χ0v) is 13.3. The van der Waals surface area contributed by atoms with Crippen LogP contribution in [0, 0.1) is 5.82 Å². The Kier molecular flexibility index (Phi) is 3.48. The highest BCUT2D eigenvalue weighted by Gasteiger charge is 2.36. The molecule has 1 heterocycles. The van der Waals surface area contributed by atoms with E-state index in [1.807, 2.05) is 26.8 Å². The number of aromatic hydroxyl groups is 1. The van der Waals surface area contributed by atoms with Crippen LogP contribution in [0.3, 0.4) is 0 Å². The van der Waals surface area contributed by atoms with Crippen molar-refractivity contribution in [1.82, 2.24) is 0 Å². The highest BCUT2D eigenvalue weighted by Crippen LogP contribution is 2.41. The highest BCUT2D eigenvalue weighted by atomic mass is 19.1. The van der Waals surface area contributed by atoms with Crippen molar-refractivity contribution in [1.29, 1.82) is 0 Å². The van der Waals surface area contributed by atoms with Gasteiger partial charge in [-0.25, -0.2) is 4.39 Å². The summed E-state index contributed by atoms with van der Waals surface area (Å²) in [5.74, 6) is -0.567. The number of hydrogen-bond acceptors (Lipinski definition) is 2. The number of rotatable bonds is 1. The minimum Gasteiger partial charge on any atom is -0.508 e. The van der Waals surface area contributed by atoms with E-state index in [9.17, 15) is 14.3 Å². The maximum Gasteiger partial charge on any atom is 0.259 e. The highest BCUT2D eigenvalue weighted by molar-refractivity contribution is 6.09. The molecule has 0 aliphatic carbocycles. The molecular formula is C19H18FNO2. The first-order valence-electron chi connectivity index (χ1n) is 7.42. The molecule has 0 aromatic heterocycles. The molecule has 3 rings (SSSR count). The third-order valence-corrected chi connectivity index (χ3v) is 4.07. The van der Waals surface area contributed by atoms with Crippen molar-refractivity contribution in [2.45, 2.75) is 26.3 Å². The van der Waals surface area contributed by atoms with Crippen LogP contribution < -0.4 is 4.90 Å². The smallest absolute Gasteiger partial charge is 0.259 e. The van der Waals surface area contributed by atoms with Gasteiger partial charge >= 0.3 is 0 Å². The molecule has 2 aromatic carbocycles. The van der Waals surface area contributed by atoms with E-state index in [1.54, 1.807) is 29.2 Å². The van der Waals surface area contributed by atoms with Crippen LogP contribution in [0.1, 0.15) is 36.7 Å². The predicted octanol–water partition coefficient (Wildman–Crippen LogP) is 4.37. The normalized spacial score (nSPS) is 15.8. The fourth-order valence-electron chi connectivity index (χ4n) is 3.14. The second-order valence-electron chi connectivity index (χ2n) is 6.33. The van der Waals surface area contributed by atoms with E-state index in [0.29, 0.717) is 11.3 Å². The number of phenolic OH excluding ortho intramolecular Hbond substituents is 1. The largest absolute Gasteiger partial charge is 0.508 e. The number of nitrogens with zero attached hydrogens (tertiary/aromatic N) is 1. The van der Waals surface area contributed by atoms with Crippen LogP contribution in [0.5, 0.6) is 5.75 Å². The number of carbonyl (C=O) groups is 1. The van der Waals surface area contributed by atoms with Crippen LogP contribution in [-0.2, 0) is 0 Å². The summed E-state index contributed by atoms with van der Waals surface area (Å²) in [5.41, 5.74) is 2.24. The fourth-order valence-corrected chi connectivity index (χ4v) is 3.14. The number of fused-ring (bicyclic) bond motifs is 1. The summed E-state index contributed by atoms with van der Waals surface area (Å²) < 4.78 is 13.5. The first kappa shape index (κ1) is 15.3. The Labute approximate surface area is 134 Å². The number of amides is 1. The zero-order chi connectivity index (χ0) is 16.8. The van der Waals surface area contributed by atoms with Crippen LogP contribution in [0.25, 0.3) is 5.57 Å². The van der Waals surface area contributed by atoms with Gasteiger partial charge in [-0.3, -0.25) is 9.69 Å². The number of carbonyl (C=O) groups excluding carboxylic acids is 1. The summed E-state index contributed by atoms with van der Waals surface area (Å²) in [5, 5.41) is 9.73. The van der Waals surface area contributed by atoms with E-state index in [0.717, 1.165) is 11.1 Å². The molecule has 0 spiro atoms. The predicted molar refractivity (Wildman–Crippen MR) is 89.0 cm³/mol. The summed E-state index contributed by atoms with van der Waals surface area (Å²) in [7, 11) is 0. The van der Waals surface area contributed by atoms with E-state index in [4.69, 9.17) is 0 Å². The van der Waals surface area contributed by atoms with Crippen LogP contribution in [-0.4, -0.2) is 16.6 Å². The average Bonchev–Trinajstić information content (AvgIpc) is 2.47. The Morgan fingerprint density at radius 1 is 1.17 bits per heavy atom. The van der Waals surface area contributed by atoms with Gasteiger partial charge in [-0.1, -0.05) is 12.1 Å². The molecule has 0 atom stereocenters. The molecule has 0 fully saturated rings. The number of benzene rings is 2. The molecule has 1 aliphatic heterocycles. The summed E-state index contributed by atoms with van der Waals surface area (Å²) >= 11 is 0. The minimum atomic E-state index is -0.558. The number of halogens is 1. The van der Waals surface area contributed by atoms with Crippen LogP contribution in [0.2, 0.25) is 0 Å². The van der Waals surface area contributed by atoms with Crippen molar-refractivity contribution in [2.24, 2.45) is 0 Å². The molecule has 0 unspecified atom stereocenters. The van der Waals surface area contributed by atoms with Gasteiger partial charge in [0.15, 0.2) is 0 Å². The van der Waals surface area contributed by atoms with Gasteiger partial charge in [0, 0.05) is 11.1 Å². The number of phenols is 1. The van der Waals surface area contributed by atoms with Crippen molar-refractivity contribution < 1.29 is 14.3 Å². The molecule has 4 heteroatoms. The molecule has 0 bridgehead atoms. The number of anilines is 1. The van der Waals surface area contributed by atoms with E-state index in [2.05, 4.69) is 0 Å². The van der Waals surface area contributed by atoms with Gasteiger partial charge in [0.05, 0.1) is 11.2 Å². The van der Waals surface area contributed by atoms with Crippen LogP contribution >= 0.6 is 0 Å². The lowest BCUT2D eigenvalue weighted by atomic mass is 9.88. The Morgan fingerprint density at radius 3 is 2.61 bits per heavy atom. The molecule has 23 heavy (non-hydrogen) atoms. The van der Waals surface area contributed by atoms with E-state index >= 15 is 0 Å². The van der Waals surface area contributed by atoms with E-state index in [1.165, 1.54) is 18.2 Å². The Morgan fingerprint density at radius 2 is 1.91 bits per heavy atom. The van der Waals surface area contributed by atoms with E-state index < -0.39 is 11.4 Å². The fraction of sp³-hybridized carbons (Fsp3) is 0.211. The summed E-state index contributed by atoms with van der Waals surface area (Å²) in [6.07, 6.45) is 1.98. The van der Waals surface area contributed by atoms with Gasteiger partial charge in [-0.2, -0.15) is 0 Å². The third kappa shape index (κ3) is 2.61. The van der Waals surface area contributed by atoms with Crippen molar-refractivity contribution >= 4 is 17.2 Å². The molecule has 2 aromatic rings. The Balaban J connectivity index is 2.16. The molecule has 0 saturated carbocycles. The maximum atomic E-state index is 13.5. The molecule has 0 saturated heterocycles. The summed E-state index contributed by atoms with van der Waals surface area (Å²) in [6, 6.07) is 10.6. The zero-order valence-electron chi connectivity index (χ0n) is 13.3. The SMILES string of the molecule is CC1=CC(C)(C)N(C(=O)c2cccc(F)c2)c2ccc(O)cc21. The van der Waals surface area contributed by atoms with Gasteiger partial charge in [0.1, 0.15) is 11.6 Å². The van der Waals surface area contributed by atoms with Crippen LogP contribution in [0.4, 0.5) is 10.1 Å². The lowest BCUT2D eigenvalue weighted by Crippen LogP contribution is -2.49. The van der Waals surface area contributed by atoms with Crippen LogP contribution in [0.15, 0.2) is 48.5 Å². The second-order valence-corrected chi connectivity index (χ2v) is 6.33. The number of hydrogen-bond donors (Lipinski definition) is 1. The van der Waals surface area contributed by atoms with E-state index in [-0.39, 0.29) is 11.7 Å². The molecule has 1 N–H and O–H groups in total. The maximum absolute atomic E-state index is 13.5. The van der Waals surface area contributed by atoms with Gasteiger partial charge in [-0.15, -0.1) is 0 Å². The van der Waals surface area contributed by atoms with Crippen molar-refractivity contribution in [3.8, 4) is 5.75 Å². The average molecular weight is 311 g/mol. The molecule has 118 valence electrons. The second kappa shape index (κ2) is 5.23. The Bertz CT molecular complexity index is 824. The topological polar surface area (TPSA) is 40.5 Å². The summed E-state index contributed by atoms with van der Waals surface area (Å²) in [4.78, 5) is 14.6. The first-order chi connectivity index (χ1) is 10.8. The van der Waals surface area contributed by atoms with Gasteiger partial charge in [0.25, 0.3) is 5.91 Å². The standard InChI is InChI=1S/C19H18FNO2/c1-12-11-19(2,3)21(17-8-7-15(22)10-16(12)17)18(23)13-5-4-6-14(20)9-13/h4-11,22H,1-3H3. The first-order valence-corrected chi connectivity index (χ1v) is 7.42. The minimum absolute atomic E-state index is 0.148. The molecule has 0 radical (unpaired) electrons. The molecule has 1 amide bonds. The molecule has 3 nitrogen and oxygen atoms in total. The van der Waals surface area contributed by atoms with Gasteiger partial charge in [-0.05, 0) is 62.7 Å². The van der Waals surface area contributed by atoms with Crippen molar-refractivity contribution in [2.75, 3.05) is 4.90 Å². The van der Waals surface area contributed by atoms with Crippen molar-refractivity contribution in [3.63, 3.8) is 0 Å². The molecular weight excluding hydrogens is 293 g/mol. The lowest BCUT2D eigenvalue weighted by Gasteiger charge is -2.41. The number of allylic oxidation sites excluding steroid dienone is 1. The molecule has 1 aliphatic rings. The monoisotopic (exact) mass is 311 g/mol. The lowest BCUT2D eigenvalue weighted by molar-refractivity contribution is 0.0969. The Hall–Kier alpha value is -2.62.